The largest absolute Gasteiger partial charge is 0.381 e. The van der Waals surface area contributed by atoms with Crippen LogP contribution in [0.25, 0.3) is 16.9 Å². The van der Waals surface area contributed by atoms with Gasteiger partial charge in [-0.05, 0) is 25.0 Å². The van der Waals surface area contributed by atoms with Crippen LogP contribution in [-0.2, 0) is 4.74 Å². The van der Waals surface area contributed by atoms with Gasteiger partial charge < -0.3 is 10.1 Å². The number of rotatable bonds is 4. The highest BCUT2D eigenvalue weighted by Gasteiger charge is 2.17. The molecule has 0 amide bonds. The van der Waals surface area contributed by atoms with E-state index in [9.17, 15) is 4.39 Å². The zero-order chi connectivity index (χ0) is 19.8. The molecule has 0 aliphatic carbocycles. The van der Waals surface area contributed by atoms with Crippen molar-refractivity contribution in [3.63, 3.8) is 0 Å². The normalized spacial score (nSPS) is 15.1. The van der Waals surface area contributed by atoms with E-state index in [1.54, 1.807) is 18.5 Å². The second-order valence-corrected chi connectivity index (χ2v) is 7.09. The number of nitrogens with zero attached hydrogens (tertiary/aromatic N) is 7. The van der Waals surface area contributed by atoms with Crippen LogP contribution in [0.15, 0.2) is 36.8 Å². The van der Waals surface area contributed by atoms with E-state index in [-0.39, 0.29) is 5.02 Å². The molecule has 1 aliphatic heterocycles. The summed E-state index contributed by atoms with van der Waals surface area (Å²) < 4.78 is 22.6. The van der Waals surface area contributed by atoms with Crippen LogP contribution in [0.4, 0.5) is 16.0 Å². The van der Waals surface area contributed by atoms with Gasteiger partial charge in [0.05, 0.1) is 34.8 Å². The minimum absolute atomic E-state index is 0.0386. The van der Waals surface area contributed by atoms with E-state index in [1.165, 1.54) is 16.8 Å². The van der Waals surface area contributed by atoms with Crippen molar-refractivity contribution in [3.05, 3.63) is 47.6 Å². The second kappa shape index (κ2) is 7.37. The Morgan fingerprint density at radius 2 is 2.07 bits per heavy atom. The molecule has 4 heterocycles. The van der Waals surface area contributed by atoms with Crippen molar-refractivity contribution in [3.8, 4) is 5.69 Å². The van der Waals surface area contributed by atoms with E-state index in [1.807, 2.05) is 10.9 Å². The van der Waals surface area contributed by atoms with Crippen molar-refractivity contribution in [1.29, 1.82) is 0 Å². The maximum absolute atomic E-state index is 13.8. The molecule has 0 spiro atoms. The first kappa shape index (κ1) is 18.0. The number of hydrogen-bond acceptors (Lipinski definition) is 7. The molecule has 5 rings (SSSR count). The summed E-state index contributed by atoms with van der Waals surface area (Å²) in [7, 11) is 0. The fraction of sp³-hybridized carbons (Fsp3) is 0.278. The molecule has 1 saturated heterocycles. The number of aromatic nitrogens is 7. The summed E-state index contributed by atoms with van der Waals surface area (Å²) >= 11 is 5.76. The van der Waals surface area contributed by atoms with Crippen molar-refractivity contribution in [2.75, 3.05) is 18.5 Å². The quantitative estimate of drug-likeness (QED) is 0.547. The molecule has 0 radical (unpaired) electrons. The zero-order valence-electron chi connectivity index (χ0n) is 15.2. The topological polar surface area (TPSA) is 95.6 Å². The predicted molar refractivity (Wildman–Crippen MR) is 104 cm³/mol. The number of anilines is 2. The first-order valence-electron chi connectivity index (χ1n) is 9.10. The molecule has 9 nitrogen and oxygen atoms in total. The molecular formula is C18H16ClFN8O. The third-order valence-electron chi connectivity index (χ3n) is 4.76. The van der Waals surface area contributed by atoms with Crippen LogP contribution in [-0.4, -0.2) is 48.0 Å². The zero-order valence-corrected chi connectivity index (χ0v) is 15.9. The van der Waals surface area contributed by atoms with Gasteiger partial charge in [0.25, 0.3) is 0 Å². The number of hydrogen-bond donors (Lipinski definition) is 1. The van der Waals surface area contributed by atoms with Gasteiger partial charge in [-0.25, -0.2) is 9.37 Å². The first-order valence-corrected chi connectivity index (χ1v) is 9.48. The van der Waals surface area contributed by atoms with Gasteiger partial charge >= 0.3 is 0 Å². The highest BCUT2D eigenvalue weighted by Crippen LogP contribution is 2.24. The highest BCUT2D eigenvalue weighted by atomic mass is 35.5. The van der Waals surface area contributed by atoms with Crippen LogP contribution in [0.1, 0.15) is 18.9 Å². The van der Waals surface area contributed by atoms with Gasteiger partial charge in [0.1, 0.15) is 5.82 Å². The lowest BCUT2D eigenvalue weighted by atomic mass is 10.1. The van der Waals surface area contributed by atoms with Crippen molar-refractivity contribution in [2.45, 2.75) is 18.9 Å². The monoisotopic (exact) mass is 414 g/mol. The molecule has 1 aromatic carbocycles. The number of halogens is 2. The molecule has 0 unspecified atom stereocenters. The van der Waals surface area contributed by atoms with Crippen molar-refractivity contribution < 1.29 is 9.13 Å². The molecular weight excluding hydrogens is 399 g/mol. The third-order valence-corrected chi connectivity index (χ3v) is 5.07. The van der Waals surface area contributed by atoms with Gasteiger partial charge in [0.15, 0.2) is 11.2 Å². The van der Waals surface area contributed by atoms with Gasteiger partial charge in [-0.1, -0.05) is 16.8 Å². The van der Waals surface area contributed by atoms with Crippen molar-refractivity contribution in [1.82, 2.24) is 34.7 Å². The van der Waals surface area contributed by atoms with Gasteiger partial charge in [-0.15, -0.1) is 5.10 Å². The minimum Gasteiger partial charge on any atom is -0.381 e. The standard InChI is InChI=1S/C18H16ClFN8O/c19-14-2-1-13(7-15(14)20)28-17-16(25-26-28)9-21-18(24-17)23-11-8-22-27(10-11)12-3-5-29-6-4-12/h1-2,7-10,12H,3-6H2,(H,21,23,24). The summed E-state index contributed by atoms with van der Waals surface area (Å²) in [4.78, 5) is 8.76. The summed E-state index contributed by atoms with van der Waals surface area (Å²) in [5.74, 6) is -0.178. The number of ether oxygens (including phenoxy) is 1. The Morgan fingerprint density at radius 1 is 1.21 bits per heavy atom. The van der Waals surface area contributed by atoms with Crippen LogP contribution < -0.4 is 5.32 Å². The maximum Gasteiger partial charge on any atom is 0.229 e. The molecule has 29 heavy (non-hydrogen) atoms. The maximum atomic E-state index is 13.8. The van der Waals surface area contributed by atoms with Gasteiger partial charge in [0, 0.05) is 25.5 Å². The van der Waals surface area contributed by atoms with E-state index in [0.29, 0.717) is 28.8 Å². The molecule has 0 atom stereocenters. The summed E-state index contributed by atoms with van der Waals surface area (Å²) in [6.45, 7) is 1.49. The lowest BCUT2D eigenvalue weighted by Crippen LogP contribution is -2.19. The molecule has 1 aliphatic rings. The highest BCUT2D eigenvalue weighted by molar-refractivity contribution is 6.30. The van der Waals surface area contributed by atoms with E-state index in [2.05, 4.69) is 30.7 Å². The fourth-order valence-corrected chi connectivity index (χ4v) is 3.38. The Hall–Kier alpha value is -3.11. The molecule has 1 fully saturated rings. The van der Waals surface area contributed by atoms with Gasteiger partial charge in [0.2, 0.25) is 5.95 Å². The average Bonchev–Trinajstić information content (AvgIpc) is 3.38. The smallest absolute Gasteiger partial charge is 0.229 e. The number of fused-ring (bicyclic) bond motifs is 1. The average molecular weight is 415 g/mol. The van der Waals surface area contributed by atoms with Gasteiger partial charge in [-0.2, -0.15) is 14.8 Å². The first-order chi connectivity index (χ1) is 14.2. The summed E-state index contributed by atoms with van der Waals surface area (Å²) in [5.41, 5.74) is 2.17. The third kappa shape index (κ3) is 3.52. The molecule has 11 heteroatoms. The fourth-order valence-electron chi connectivity index (χ4n) is 3.26. The number of nitrogens with one attached hydrogen (secondary N) is 1. The molecule has 148 valence electrons. The van der Waals surface area contributed by atoms with Crippen molar-refractivity contribution in [2.24, 2.45) is 0 Å². The van der Waals surface area contributed by atoms with Crippen LogP contribution in [0.2, 0.25) is 5.02 Å². The summed E-state index contributed by atoms with van der Waals surface area (Å²) in [5, 5.41) is 15.7. The molecule has 3 aromatic heterocycles. The second-order valence-electron chi connectivity index (χ2n) is 6.68. The summed E-state index contributed by atoms with van der Waals surface area (Å²) in [6, 6.07) is 4.72. The van der Waals surface area contributed by atoms with Gasteiger partial charge in [-0.3, -0.25) is 4.68 Å². The molecule has 1 N–H and O–H groups in total. The SMILES string of the molecule is Fc1cc(-n2nnc3cnc(Nc4cnn(C5CCOCC5)c4)nc32)ccc1Cl. The van der Waals surface area contributed by atoms with Crippen LogP contribution in [0.5, 0.6) is 0 Å². The molecule has 0 bridgehead atoms. The van der Waals surface area contributed by atoms with Crippen LogP contribution >= 0.6 is 11.6 Å². The van der Waals surface area contributed by atoms with E-state index in [4.69, 9.17) is 16.3 Å². The predicted octanol–water partition coefficient (Wildman–Crippen LogP) is 3.29. The Bertz CT molecular complexity index is 1170. The minimum atomic E-state index is -0.541. The Morgan fingerprint density at radius 3 is 2.90 bits per heavy atom. The lowest BCUT2D eigenvalue weighted by molar-refractivity contribution is 0.0662. The van der Waals surface area contributed by atoms with Crippen LogP contribution in [0, 0.1) is 5.82 Å². The van der Waals surface area contributed by atoms with Crippen LogP contribution in [0.3, 0.4) is 0 Å². The van der Waals surface area contributed by atoms with E-state index in [0.717, 1.165) is 31.7 Å². The number of benzene rings is 1. The van der Waals surface area contributed by atoms with Crippen molar-refractivity contribution >= 4 is 34.4 Å². The Balaban J connectivity index is 1.42. The molecule has 4 aromatic rings. The molecule has 0 saturated carbocycles. The van der Waals surface area contributed by atoms with E-state index < -0.39 is 5.82 Å². The van der Waals surface area contributed by atoms with E-state index >= 15 is 0 Å². The lowest BCUT2D eigenvalue weighted by Gasteiger charge is -2.22. The Labute approximate surface area is 169 Å². The Kier molecular flexibility index (Phi) is 4.57. The summed E-state index contributed by atoms with van der Waals surface area (Å²) in [6.07, 6.45) is 7.09.